The molecule has 20 heteroatoms. The Morgan fingerprint density at radius 2 is 1.74 bits per heavy atom. The van der Waals surface area contributed by atoms with Crippen molar-refractivity contribution in [3.05, 3.63) is 70.6 Å². The molecule has 16 nitrogen and oxygen atoms in total. The van der Waals surface area contributed by atoms with Gasteiger partial charge in [0.15, 0.2) is 5.67 Å². The SMILES string of the molecule is Cc1ncsc1-c1ccc(CNC(=O)[C@@H]2C[C@@H](O)CN2C(=O)[C@@H](NC(=O)C2(F)CC2)C(C)(C)C)c(OCCCCCCN2CCC(CCCC(=O)Nc3cccc(Sc4cnc(N5CCC(C)(CN)CC5)cn4)c3Cl)CC2)c1. The molecule has 0 spiro atoms. The second-order valence-electron chi connectivity index (χ2n) is 23.4. The number of hydrogen-bond acceptors (Lipinski definition) is 14. The van der Waals surface area contributed by atoms with Gasteiger partial charge in [0.2, 0.25) is 17.7 Å². The number of unbranched alkanes of at least 4 members (excludes halogenated alkanes) is 3. The summed E-state index contributed by atoms with van der Waals surface area (Å²) < 4.78 is 21.1. The number of carbonyl (C=O) groups is 4. The Balaban J connectivity index is 0.725. The Morgan fingerprint density at radius 3 is 2.42 bits per heavy atom. The summed E-state index contributed by atoms with van der Waals surface area (Å²) >= 11 is 9.79. The van der Waals surface area contributed by atoms with E-state index in [9.17, 15) is 28.7 Å². The summed E-state index contributed by atoms with van der Waals surface area (Å²) in [5, 5.41) is 20.5. The van der Waals surface area contributed by atoms with Crippen molar-refractivity contribution < 1.29 is 33.4 Å². The number of thiazole rings is 1. The van der Waals surface area contributed by atoms with Crippen molar-refractivity contribution >= 4 is 69.8 Å². The number of ether oxygens (including phenoxy) is 1. The van der Waals surface area contributed by atoms with Gasteiger partial charge in [-0.1, -0.05) is 82.1 Å². The second kappa shape index (κ2) is 26.6. The number of piperidine rings is 2. The quantitative estimate of drug-likeness (QED) is 0.0415. The molecule has 3 saturated heterocycles. The lowest BCUT2D eigenvalue weighted by Crippen LogP contribution is -2.59. The standard InChI is InChI=1S/C58H80ClFN10O6S2/c1-38-51(77-37-65-38)40-16-17-41(32-64-53(73)44-31-42(71)35-70(44)54(74)52(56(2,3)4)67-55(75)58(60)20-21-58)45(30-40)76-29-9-7-6-8-24-68-25-18-39(19-26-68)12-10-15-48(72)66-43-13-11-14-46(50(43)59)78-49-34-62-47(33-63-49)69-27-22-57(5,36-61)23-28-69/h11,13-14,16-17,30,33-34,37,39,42,44,52,71H,6-10,12,15,18-29,31-32,35-36,61H2,1-5H3,(H,64,73)(H,66,72)(H,67,75)/t42-,44+,52-/m1/s1. The van der Waals surface area contributed by atoms with Crippen LogP contribution in [0.2, 0.25) is 5.02 Å². The molecule has 4 amide bonds. The molecule has 4 aromatic rings. The highest BCUT2D eigenvalue weighted by Crippen LogP contribution is 2.41. The number of carbonyl (C=O) groups excluding carboxylic acids is 4. The van der Waals surface area contributed by atoms with Gasteiger partial charge in [0.25, 0.3) is 5.91 Å². The monoisotopic (exact) mass is 1130 g/mol. The number of aliphatic hydroxyl groups excluding tert-OH is 1. The van der Waals surface area contributed by atoms with Gasteiger partial charge in [-0.05, 0) is 138 Å². The molecule has 3 aliphatic heterocycles. The molecule has 2 aromatic heterocycles. The minimum atomic E-state index is -1.96. The molecule has 8 rings (SSSR count). The molecule has 424 valence electrons. The third kappa shape index (κ3) is 15.7. The number of alkyl halides is 1. The van der Waals surface area contributed by atoms with E-state index in [1.807, 2.05) is 55.0 Å². The maximum atomic E-state index is 14.7. The molecule has 3 atom stereocenters. The first-order valence-corrected chi connectivity index (χ1v) is 30.1. The number of amides is 4. The highest BCUT2D eigenvalue weighted by molar-refractivity contribution is 7.99. The lowest BCUT2D eigenvalue weighted by molar-refractivity contribution is -0.145. The predicted molar refractivity (Wildman–Crippen MR) is 307 cm³/mol. The molecule has 0 radical (unpaired) electrons. The molecular weight excluding hydrogens is 1050 g/mol. The number of rotatable bonds is 24. The number of nitrogens with one attached hydrogen (secondary N) is 3. The number of nitrogens with zero attached hydrogens (tertiary/aromatic N) is 6. The zero-order valence-electron chi connectivity index (χ0n) is 46.1. The van der Waals surface area contributed by atoms with Gasteiger partial charge in [0.05, 0.1) is 51.9 Å². The normalized spacial score (nSPS) is 19.8. The number of benzene rings is 2. The average molecular weight is 1130 g/mol. The maximum absolute atomic E-state index is 14.7. The molecular formula is C58H80ClFN10O6S2. The molecule has 0 unspecified atom stereocenters. The Morgan fingerprint density at radius 1 is 0.987 bits per heavy atom. The van der Waals surface area contributed by atoms with Gasteiger partial charge in [0.1, 0.15) is 28.7 Å². The number of aliphatic hydroxyl groups is 1. The number of aromatic nitrogens is 3. The van der Waals surface area contributed by atoms with Crippen molar-refractivity contribution in [3.63, 3.8) is 0 Å². The molecule has 6 N–H and O–H groups in total. The van der Waals surface area contributed by atoms with Gasteiger partial charge in [-0.2, -0.15) is 0 Å². The highest BCUT2D eigenvalue weighted by Gasteiger charge is 2.53. The first-order valence-electron chi connectivity index (χ1n) is 28.0. The van der Waals surface area contributed by atoms with Gasteiger partial charge >= 0.3 is 0 Å². The van der Waals surface area contributed by atoms with E-state index >= 15 is 0 Å². The van der Waals surface area contributed by atoms with Gasteiger partial charge in [0, 0.05) is 49.5 Å². The lowest BCUT2D eigenvalue weighted by atomic mass is 9.80. The fourth-order valence-electron chi connectivity index (χ4n) is 10.6. The Kier molecular flexibility index (Phi) is 20.2. The van der Waals surface area contributed by atoms with Crippen molar-refractivity contribution in [3.8, 4) is 16.2 Å². The highest BCUT2D eigenvalue weighted by atomic mass is 35.5. The number of likely N-dealkylation sites (tertiary alicyclic amines) is 2. The largest absolute Gasteiger partial charge is 0.493 e. The van der Waals surface area contributed by atoms with E-state index in [1.165, 1.54) is 16.7 Å². The summed E-state index contributed by atoms with van der Waals surface area (Å²) in [7, 11) is 0. The Hall–Kier alpha value is -4.92. The number of β-amino-alcohol motifs (C(OH)–C–C–N with tert-alkyl or cyclic N) is 1. The van der Waals surface area contributed by atoms with Crippen LogP contribution in [0.25, 0.3) is 10.4 Å². The summed E-state index contributed by atoms with van der Waals surface area (Å²) in [4.78, 5) is 75.4. The molecule has 0 bridgehead atoms. The minimum Gasteiger partial charge on any atom is -0.493 e. The average Bonchev–Trinajstić information content (AvgIpc) is 3.83. The summed E-state index contributed by atoms with van der Waals surface area (Å²) in [6, 6.07) is 9.53. The van der Waals surface area contributed by atoms with Gasteiger partial charge in [-0.3, -0.25) is 19.2 Å². The summed E-state index contributed by atoms with van der Waals surface area (Å²) in [5.74, 6) is 0.324. The van der Waals surface area contributed by atoms with E-state index in [0.29, 0.717) is 41.9 Å². The maximum Gasteiger partial charge on any atom is 0.258 e. The van der Waals surface area contributed by atoms with Crippen molar-refractivity contribution in [2.24, 2.45) is 22.5 Å². The minimum absolute atomic E-state index is 0.0322. The van der Waals surface area contributed by atoms with Crippen LogP contribution in [0, 0.1) is 23.7 Å². The van der Waals surface area contributed by atoms with E-state index in [0.717, 1.165) is 134 Å². The van der Waals surface area contributed by atoms with E-state index in [2.05, 4.69) is 47.6 Å². The van der Waals surface area contributed by atoms with Crippen molar-refractivity contribution in [2.45, 2.75) is 165 Å². The molecule has 1 saturated carbocycles. The van der Waals surface area contributed by atoms with E-state index in [1.54, 1.807) is 38.3 Å². The fourth-order valence-corrected chi connectivity index (χ4v) is 12.5. The first kappa shape index (κ1) is 59.2. The Labute approximate surface area is 473 Å². The summed E-state index contributed by atoms with van der Waals surface area (Å²) in [6.07, 6.45) is 13.7. The molecule has 4 fully saturated rings. The number of anilines is 2. The Bertz CT molecular complexity index is 2690. The number of nitrogens with two attached hydrogens (primary N) is 1. The molecule has 5 heterocycles. The van der Waals surface area contributed by atoms with Crippen LogP contribution in [-0.4, -0.2) is 130 Å². The number of hydrogen-bond donors (Lipinski definition) is 5. The molecule has 78 heavy (non-hydrogen) atoms. The van der Waals surface area contributed by atoms with Crippen molar-refractivity contribution in [1.29, 1.82) is 0 Å². The van der Waals surface area contributed by atoms with Crippen LogP contribution in [0.3, 0.4) is 0 Å². The first-order chi connectivity index (χ1) is 37.3. The van der Waals surface area contributed by atoms with Crippen molar-refractivity contribution in [1.82, 2.24) is 35.4 Å². The van der Waals surface area contributed by atoms with Crippen LogP contribution in [-0.2, 0) is 25.7 Å². The third-order valence-electron chi connectivity index (χ3n) is 16.1. The number of halogens is 2. The molecule has 4 aliphatic rings. The lowest BCUT2D eigenvalue weighted by Gasteiger charge is -2.39. The van der Waals surface area contributed by atoms with Gasteiger partial charge < -0.3 is 46.2 Å². The summed E-state index contributed by atoms with van der Waals surface area (Å²) in [5.41, 5.74) is 8.52. The van der Waals surface area contributed by atoms with Crippen LogP contribution < -0.4 is 31.3 Å². The van der Waals surface area contributed by atoms with Crippen LogP contribution in [0.5, 0.6) is 5.75 Å². The van der Waals surface area contributed by atoms with Crippen LogP contribution >= 0.6 is 34.7 Å². The van der Waals surface area contributed by atoms with Gasteiger partial charge in [-0.25, -0.2) is 19.3 Å². The predicted octanol–water partition coefficient (Wildman–Crippen LogP) is 9.35. The van der Waals surface area contributed by atoms with E-state index < -0.39 is 47.0 Å². The number of aryl methyl sites for hydroxylation is 1. The zero-order valence-corrected chi connectivity index (χ0v) is 48.5. The fraction of sp³-hybridized carbons (Fsp3) is 0.603. The zero-order chi connectivity index (χ0) is 55.6. The smallest absolute Gasteiger partial charge is 0.258 e. The summed E-state index contributed by atoms with van der Waals surface area (Å²) in [6.45, 7) is 15.8. The van der Waals surface area contributed by atoms with Gasteiger partial charge in [-0.15, -0.1) is 11.3 Å². The van der Waals surface area contributed by atoms with Crippen molar-refractivity contribution in [2.75, 3.05) is 62.6 Å². The van der Waals surface area contributed by atoms with Crippen LogP contribution in [0.1, 0.15) is 129 Å². The van der Waals surface area contributed by atoms with Crippen LogP contribution in [0.15, 0.2) is 64.2 Å². The molecule has 1 aliphatic carbocycles. The second-order valence-corrected chi connectivity index (χ2v) is 25.7. The van der Waals surface area contributed by atoms with E-state index in [-0.39, 0.29) is 43.7 Å². The van der Waals surface area contributed by atoms with Crippen LogP contribution in [0.4, 0.5) is 15.9 Å². The van der Waals surface area contributed by atoms with E-state index in [4.69, 9.17) is 22.1 Å². The topological polar surface area (TPSA) is 208 Å². The third-order valence-corrected chi connectivity index (χ3v) is 18.6. The molecule has 2 aromatic carbocycles.